The molecular weight excluding hydrogens is 253 g/mol. The van der Waals surface area contributed by atoms with Gasteiger partial charge >= 0.3 is 0 Å². The van der Waals surface area contributed by atoms with E-state index >= 15 is 0 Å². The molecule has 3 heteroatoms. The van der Waals surface area contributed by atoms with Crippen LogP contribution in [0, 0.1) is 3.70 Å². The first-order valence-electron chi connectivity index (χ1n) is 3.24. The van der Waals surface area contributed by atoms with Crippen molar-refractivity contribution in [2.75, 3.05) is 0 Å². The third kappa shape index (κ3) is 0.994. The second-order valence-electron chi connectivity index (χ2n) is 2.33. The average molecular weight is 259 g/mol. The molecule has 1 aromatic carbocycles. The maximum absolute atomic E-state index is 9.46. The van der Waals surface area contributed by atoms with E-state index in [0.717, 1.165) is 14.6 Å². The van der Waals surface area contributed by atoms with Crippen LogP contribution in [-0.2, 0) is 0 Å². The van der Waals surface area contributed by atoms with Crippen LogP contribution in [0.2, 0.25) is 0 Å². The third-order valence-electron chi connectivity index (χ3n) is 1.63. The Morgan fingerprint density at radius 3 is 2.73 bits per heavy atom. The van der Waals surface area contributed by atoms with Crippen molar-refractivity contribution in [3.63, 3.8) is 0 Å². The molecule has 2 N–H and O–H groups in total. The molecule has 0 bridgehead atoms. The van der Waals surface area contributed by atoms with E-state index in [9.17, 15) is 5.11 Å². The fraction of sp³-hybridized carbons (Fsp3) is 0. The van der Waals surface area contributed by atoms with Crippen molar-refractivity contribution < 1.29 is 5.11 Å². The van der Waals surface area contributed by atoms with Crippen molar-refractivity contribution in [3.8, 4) is 5.75 Å². The van der Waals surface area contributed by atoms with Crippen molar-refractivity contribution in [3.05, 3.63) is 28.0 Å². The van der Waals surface area contributed by atoms with Crippen molar-refractivity contribution in [2.45, 2.75) is 0 Å². The van der Waals surface area contributed by atoms with Crippen LogP contribution >= 0.6 is 22.6 Å². The molecule has 0 radical (unpaired) electrons. The summed E-state index contributed by atoms with van der Waals surface area (Å²) in [7, 11) is 0. The van der Waals surface area contributed by atoms with E-state index in [1.165, 1.54) is 0 Å². The van der Waals surface area contributed by atoms with E-state index in [1.54, 1.807) is 0 Å². The Labute approximate surface area is 77.4 Å². The standard InChI is InChI=1S/C8H6INO/c9-8-7(11)5-3-1-2-4-6(5)10-8/h1-4,10-11H. The fourth-order valence-corrected chi connectivity index (χ4v) is 1.68. The topological polar surface area (TPSA) is 36.0 Å². The Hall–Kier alpha value is -0.710. The number of hydrogen-bond acceptors (Lipinski definition) is 1. The van der Waals surface area contributed by atoms with Crippen LogP contribution in [0.15, 0.2) is 24.3 Å². The van der Waals surface area contributed by atoms with E-state index in [-0.39, 0.29) is 0 Å². The highest BCUT2D eigenvalue weighted by molar-refractivity contribution is 14.1. The summed E-state index contributed by atoms with van der Waals surface area (Å²) in [5.41, 5.74) is 0.981. The number of benzene rings is 1. The zero-order chi connectivity index (χ0) is 7.84. The number of halogens is 1. The largest absolute Gasteiger partial charge is 0.505 e. The molecule has 0 saturated carbocycles. The Morgan fingerprint density at radius 1 is 1.27 bits per heavy atom. The Balaban J connectivity index is 2.92. The first-order valence-corrected chi connectivity index (χ1v) is 4.32. The number of aromatic amines is 1. The van der Waals surface area contributed by atoms with Crippen LogP contribution in [0.25, 0.3) is 10.9 Å². The molecule has 56 valence electrons. The molecule has 0 atom stereocenters. The molecule has 0 aliphatic rings. The molecule has 2 aromatic rings. The summed E-state index contributed by atoms with van der Waals surface area (Å²) < 4.78 is 0.795. The number of para-hydroxylation sites is 1. The lowest BCUT2D eigenvalue weighted by atomic mass is 10.2. The van der Waals surface area contributed by atoms with Crippen LogP contribution < -0.4 is 0 Å². The molecule has 1 aromatic heterocycles. The summed E-state index contributed by atoms with van der Waals surface area (Å²) in [4.78, 5) is 3.06. The summed E-state index contributed by atoms with van der Waals surface area (Å²) in [6, 6.07) is 7.68. The number of aromatic nitrogens is 1. The third-order valence-corrected chi connectivity index (χ3v) is 2.42. The zero-order valence-electron chi connectivity index (χ0n) is 5.63. The Bertz CT molecular complexity index is 394. The first-order chi connectivity index (χ1) is 5.29. The SMILES string of the molecule is Oc1c(I)[nH]c2ccccc12. The minimum Gasteiger partial charge on any atom is -0.505 e. The van der Waals surface area contributed by atoms with Gasteiger partial charge in [0, 0.05) is 5.39 Å². The smallest absolute Gasteiger partial charge is 0.154 e. The molecule has 1 heterocycles. The molecule has 0 fully saturated rings. The number of aromatic hydroxyl groups is 1. The van der Waals surface area contributed by atoms with Gasteiger partial charge in [0.15, 0.2) is 5.75 Å². The predicted molar refractivity (Wildman–Crippen MR) is 52.7 cm³/mol. The molecule has 0 amide bonds. The summed E-state index contributed by atoms with van der Waals surface area (Å²) in [6.07, 6.45) is 0. The van der Waals surface area contributed by atoms with Gasteiger partial charge in [-0.2, -0.15) is 0 Å². The minimum atomic E-state index is 0.348. The molecule has 2 nitrogen and oxygen atoms in total. The van der Waals surface area contributed by atoms with Gasteiger partial charge in [0.2, 0.25) is 0 Å². The maximum Gasteiger partial charge on any atom is 0.154 e. The number of H-pyrrole nitrogens is 1. The van der Waals surface area contributed by atoms with Gasteiger partial charge in [-0.3, -0.25) is 0 Å². The van der Waals surface area contributed by atoms with Gasteiger partial charge in [0.25, 0.3) is 0 Å². The lowest BCUT2D eigenvalue weighted by molar-refractivity contribution is 0.477. The number of nitrogens with one attached hydrogen (secondary N) is 1. The van der Waals surface area contributed by atoms with E-state index in [2.05, 4.69) is 27.6 Å². The van der Waals surface area contributed by atoms with E-state index in [1.807, 2.05) is 24.3 Å². The van der Waals surface area contributed by atoms with Crippen LogP contribution in [0.5, 0.6) is 5.75 Å². The second kappa shape index (κ2) is 2.41. The summed E-state index contributed by atoms with van der Waals surface area (Å²) in [6.45, 7) is 0. The maximum atomic E-state index is 9.46. The lowest BCUT2D eigenvalue weighted by Gasteiger charge is -1.86. The highest BCUT2D eigenvalue weighted by Crippen LogP contribution is 2.28. The van der Waals surface area contributed by atoms with E-state index in [0.29, 0.717) is 5.75 Å². The normalized spacial score (nSPS) is 10.6. The quantitative estimate of drug-likeness (QED) is 0.700. The predicted octanol–water partition coefficient (Wildman–Crippen LogP) is 2.48. The first kappa shape index (κ1) is 6.97. The average Bonchev–Trinajstić information content (AvgIpc) is 2.30. The van der Waals surface area contributed by atoms with Crippen LogP contribution in [0.1, 0.15) is 0 Å². The van der Waals surface area contributed by atoms with Crippen molar-refractivity contribution in [1.82, 2.24) is 4.98 Å². The number of rotatable bonds is 0. The highest BCUT2D eigenvalue weighted by atomic mass is 127. The molecule has 0 aliphatic carbocycles. The van der Waals surface area contributed by atoms with Gasteiger partial charge in [-0.1, -0.05) is 12.1 Å². The second-order valence-corrected chi connectivity index (χ2v) is 3.41. The molecule has 0 saturated heterocycles. The van der Waals surface area contributed by atoms with Crippen molar-refractivity contribution in [1.29, 1.82) is 0 Å². The molecule has 0 spiro atoms. The van der Waals surface area contributed by atoms with Crippen molar-refractivity contribution in [2.24, 2.45) is 0 Å². The minimum absolute atomic E-state index is 0.348. The Kier molecular flexibility index (Phi) is 1.52. The molecule has 11 heavy (non-hydrogen) atoms. The monoisotopic (exact) mass is 259 g/mol. The van der Waals surface area contributed by atoms with Crippen LogP contribution in [0.4, 0.5) is 0 Å². The number of fused-ring (bicyclic) bond motifs is 1. The Morgan fingerprint density at radius 2 is 2.00 bits per heavy atom. The van der Waals surface area contributed by atoms with Gasteiger partial charge in [-0.25, -0.2) is 0 Å². The van der Waals surface area contributed by atoms with E-state index < -0.39 is 0 Å². The molecular formula is C8H6INO. The molecule has 2 rings (SSSR count). The van der Waals surface area contributed by atoms with Crippen LogP contribution in [-0.4, -0.2) is 10.1 Å². The zero-order valence-corrected chi connectivity index (χ0v) is 7.79. The summed E-state index contributed by atoms with van der Waals surface area (Å²) >= 11 is 2.07. The van der Waals surface area contributed by atoms with Gasteiger partial charge < -0.3 is 10.1 Å². The van der Waals surface area contributed by atoms with Crippen LogP contribution in [0.3, 0.4) is 0 Å². The fourth-order valence-electron chi connectivity index (χ4n) is 1.09. The van der Waals surface area contributed by atoms with Gasteiger partial charge in [-0.15, -0.1) is 0 Å². The molecule has 0 unspecified atom stereocenters. The van der Waals surface area contributed by atoms with Gasteiger partial charge in [0.05, 0.1) is 5.52 Å². The molecule has 0 aliphatic heterocycles. The van der Waals surface area contributed by atoms with Crippen molar-refractivity contribution >= 4 is 33.5 Å². The summed E-state index contributed by atoms with van der Waals surface area (Å²) in [5, 5.41) is 10.3. The lowest BCUT2D eigenvalue weighted by Crippen LogP contribution is -1.64. The van der Waals surface area contributed by atoms with Gasteiger partial charge in [0.1, 0.15) is 3.70 Å². The highest BCUT2D eigenvalue weighted by Gasteiger charge is 2.04. The van der Waals surface area contributed by atoms with E-state index in [4.69, 9.17) is 0 Å². The summed E-state index contributed by atoms with van der Waals surface area (Å²) in [5.74, 6) is 0.348. The number of hydrogen-bond donors (Lipinski definition) is 2. The van der Waals surface area contributed by atoms with Gasteiger partial charge in [-0.05, 0) is 34.7 Å².